The molecule has 1 heterocycles. The van der Waals surface area contributed by atoms with Gasteiger partial charge < -0.3 is 20.2 Å². The third kappa shape index (κ3) is 4.29. The molecule has 1 saturated carbocycles. The molecule has 6 nitrogen and oxygen atoms in total. The minimum atomic E-state index is -0.967. The third-order valence-electron chi connectivity index (χ3n) is 3.43. The molecule has 1 aromatic rings. The number of carbonyl (C=O) groups excluding carboxylic acids is 1. The van der Waals surface area contributed by atoms with Gasteiger partial charge >= 0.3 is 12.0 Å². The van der Waals surface area contributed by atoms with Gasteiger partial charge in [-0.2, -0.15) is 0 Å². The number of urea groups is 1. The number of hydrogen-bond donors (Lipinski definition) is 3. The Morgan fingerprint density at radius 2 is 2.20 bits per heavy atom. The maximum Gasteiger partial charge on any atom is 0.326 e. The van der Waals surface area contributed by atoms with E-state index in [0.29, 0.717) is 0 Å². The molecular formula is C14H20N2O4. The Bertz CT molecular complexity index is 454. The number of aliphatic carboxylic acids is 1. The lowest BCUT2D eigenvalue weighted by Gasteiger charge is -2.17. The summed E-state index contributed by atoms with van der Waals surface area (Å²) in [6.07, 6.45) is 4.82. The van der Waals surface area contributed by atoms with Crippen LogP contribution in [0.1, 0.15) is 31.9 Å². The second-order valence-corrected chi connectivity index (χ2v) is 5.29. The Hall–Kier alpha value is -1.98. The topological polar surface area (TPSA) is 91.6 Å². The molecule has 2 rings (SSSR count). The van der Waals surface area contributed by atoms with Crippen molar-refractivity contribution in [2.45, 2.75) is 44.7 Å². The zero-order valence-electron chi connectivity index (χ0n) is 11.5. The number of carbonyl (C=O) groups is 2. The first-order valence-corrected chi connectivity index (χ1v) is 6.88. The smallest absolute Gasteiger partial charge is 0.326 e. The van der Waals surface area contributed by atoms with Crippen molar-refractivity contribution < 1.29 is 19.1 Å². The van der Waals surface area contributed by atoms with Crippen molar-refractivity contribution in [3.8, 4) is 0 Å². The van der Waals surface area contributed by atoms with Gasteiger partial charge in [0.1, 0.15) is 11.8 Å². The van der Waals surface area contributed by atoms with Gasteiger partial charge in [0.15, 0.2) is 0 Å². The third-order valence-corrected chi connectivity index (χ3v) is 3.43. The standard InChI is InChI=1S/C14H20N2O4/c1-9(4-7-11-3-2-8-20-11)15-14(19)16-12(13(17)18)10-5-6-10/h2-3,8-10,12H,4-7H2,1H3,(H,17,18)(H2,15,16,19). The maximum atomic E-state index is 11.8. The van der Waals surface area contributed by atoms with Crippen molar-refractivity contribution in [2.24, 2.45) is 5.92 Å². The van der Waals surface area contributed by atoms with Gasteiger partial charge in [-0.05, 0) is 44.2 Å². The number of carboxylic acids is 1. The molecule has 1 aliphatic rings. The fourth-order valence-electron chi connectivity index (χ4n) is 2.10. The fraction of sp³-hybridized carbons (Fsp3) is 0.571. The van der Waals surface area contributed by atoms with Gasteiger partial charge in [-0.1, -0.05) is 0 Å². The summed E-state index contributed by atoms with van der Waals surface area (Å²) in [5.41, 5.74) is 0. The van der Waals surface area contributed by atoms with Gasteiger partial charge in [-0.15, -0.1) is 0 Å². The van der Waals surface area contributed by atoms with E-state index in [0.717, 1.165) is 31.4 Å². The van der Waals surface area contributed by atoms with Crippen molar-refractivity contribution >= 4 is 12.0 Å². The number of carboxylic acid groups (broad SMARTS) is 1. The summed E-state index contributed by atoms with van der Waals surface area (Å²) in [6.45, 7) is 1.88. The van der Waals surface area contributed by atoms with E-state index in [2.05, 4.69) is 10.6 Å². The largest absolute Gasteiger partial charge is 0.480 e. The van der Waals surface area contributed by atoms with E-state index in [1.807, 2.05) is 19.1 Å². The van der Waals surface area contributed by atoms with Gasteiger partial charge in [0.05, 0.1) is 6.26 Å². The van der Waals surface area contributed by atoms with Crippen LogP contribution in [0.3, 0.4) is 0 Å². The number of rotatable bonds is 7. The average molecular weight is 280 g/mol. The molecule has 0 spiro atoms. The van der Waals surface area contributed by atoms with Gasteiger partial charge in [-0.3, -0.25) is 0 Å². The highest BCUT2D eigenvalue weighted by Crippen LogP contribution is 2.32. The average Bonchev–Trinajstić information content (AvgIpc) is 3.09. The zero-order valence-corrected chi connectivity index (χ0v) is 11.5. The number of nitrogens with one attached hydrogen (secondary N) is 2. The summed E-state index contributed by atoms with van der Waals surface area (Å²) in [6, 6.07) is 2.48. The van der Waals surface area contributed by atoms with Crippen molar-refractivity contribution in [1.82, 2.24) is 10.6 Å². The first-order valence-electron chi connectivity index (χ1n) is 6.88. The molecular weight excluding hydrogens is 260 g/mol. The Morgan fingerprint density at radius 3 is 2.75 bits per heavy atom. The number of hydrogen-bond acceptors (Lipinski definition) is 3. The lowest BCUT2D eigenvalue weighted by molar-refractivity contribution is -0.139. The van der Waals surface area contributed by atoms with E-state index in [-0.39, 0.29) is 12.0 Å². The number of furan rings is 1. The molecule has 0 aliphatic heterocycles. The second kappa shape index (κ2) is 6.45. The Kier molecular flexibility index (Phi) is 4.65. The Balaban J connectivity index is 1.71. The van der Waals surface area contributed by atoms with Crippen LogP contribution in [0.25, 0.3) is 0 Å². The first-order chi connectivity index (χ1) is 9.56. The van der Waals surface area contributed by atoms with E-state index in [4.69, 9.17) is 9.52 Å². The molecule has 2 unspecified atom stereocenters. The van der Waals surface area contributed by atoms with Gasteiger partial charge in [-0.25, -0.2) is 9.59 Å². The van der Waals surface area contributed by atoms with Crippen LogP contribution in [0.4, 0.5) is 4.79 Å². The van der Waals surface area contributed by atoms with Crippen molar-refractivity contribution in [3.05, 3.63) is 24.2 Å². The van der Waals surface area contributed by atoms with Crippen molar-refractivity contribution in [2.75, 3.05) is 0 Å². The summed E-state index contributed by atoms with van der Waals surface area (Å²) in [5.74, 6) is -0.0111. The molecule has 0 saturated heterocycles. The predicted octanol–water partition coefficient (Wildman–Crippen LogP) is 1.76. The van der Waals surface area contributed by atoms with E-state index >= 15 is 0 Å². The van der Waals surface area contributed by atoms with E-state index in [1.165, 1.54) is 0 Å². The predicted molar refractivity (Wildman–Crippen MR) is 72.3 cm³/mol. The Labute approximate surface area is 117 Å². The zero-order chi connectivity index (χ0) is 14.5. The highest BCUT2D eigenvalue weighted by Gasteiger charge is 2.37. The molecule has 2 atom stereocenters. The monoisotopic (exact) mass is 280 g/mol. The van der Waals surface area contributed by atoms with E-state index < -0.39 is 18.0 Å². The normalized spacial score (nSPS) is 17.2. The summed E-state index contributed by atoms with van der Waals surface area (Å²) in [5, 5.41) is 14.3. The number of aryl methyl sites for hydroxylation is 1. The molecule has 1 aromatic heterocycles. The lowest BCUT2D eigenvalue weighted by Crippen LogP contribution is -2.49. The van der Waals surface area contributed by atoms with Crippen LogP contribution in [0.5, 0.6) is 0 Å². The van der Waals surface area contributed by atoms with Crippen molar-refractivity contribution in [3.63, 3.8) is 0 Å². The quantitative estimate of drug-likeness (QED) is 0.709. The molecule has 20 heavy (non-hydrogen) atoms. The fourth-order valence-corrected chi connectivity index (χ4v) is 2.10. The van der Waals surface area contributed by atoms with Crippen LogP contribution < -0.4 is 10.6 Å². The highest BCUT2D eigenvalue weighted by molar-refractivity contribution is 5.83. The lowest BCUT2D eigenvalue weighted by atomic mass is 10.1. The minimum Gasteiger partial charge on any atom is -0.480 e. The van der Waals surface area contributed by atoms with Crippen LogP contribution in [0.2, 0.25) is 0 Å². The van der Waals surface area contributed by atoms with Crippen molar-refractivity contribution in [1.29, 1.82) is 0 Å². The number of amides is 2. The van der Waals surface area contributed by atoms with Gasteiger partial charge in [0, 0.05) is 12.5 Å². The van der Waals surface area contributed by atoms with Crippen LogP contribution >= 0.6 is 0 Å². The molecule has 0 bridgehead atoms. The molecule has 3 N–H and O–H groups in total. The molecule has 2 amide bonds. The SMILES string of the molecule is CC(CCc1ccco1)NC(=O)NC(C(=O)O)C1CC1. The van der Waals surface area contributed by atoms with Crippen LogP contribution in [-0.2, 0) is 11.2 Å². The summed E-state index contributed by atoms with van der Waals surface area (Å²) >= 11 is 0. The van der Waals surface area contributed by atoms with Gasteiger partial charge in [0.2, 0.25) is 0 Å². The van der Waals surface area contributed by atoms with E-state index in [1.54, 1.807) is 6.26 Å². The molecule has 1 aliphatic carbocycles. The molecule has 0 radical (unpaired) electrons. The van der Waals surface area contributed by atoms with Crippen LogP contribution in [0.15, 0.2) is 22.8 Å². The maximum absolute atomic E-state index is 11.8. The molecule has 6 heteroatoms. The van der Waals surface area contributed by atoms with Crippen LogP contribution in [0, 0.1) is 5.92 Å². The first kappa shape index (κ1) is 14.4. The second-order valence-electron chi connectivity index (χ2n) is 5.29. The van der Waals surface area contributed by atoms with E-state index in [9.17, 15) is 9.59 Å². The Morgan fingerprint density at radius 1 is 1.45 bits per heavy atom. The minimum absolute atomic E-state index is 0.0475. The summed E-state index contributed by atoms with van der Waals surface area (Å²) < 4.78 is 5.22. The summed E-state index contributed by atoms with van der Waals surface area (Å²) in [4.78, 5) is 22.8. The molecule has 0 aromatic carbocycles. The molecule has 110 valence electrons. The van der Waals surface area contributed by atoms with Gasteiger partial charge in [0.25, 0.3) is 0 Å². The highest BCUT2D eigenvalue weighted by atomic mass is 16.4. The van der Waals surface area contributed by atoms with Crippen LogP contribution in [-0.4, -0.2) is 29.2 Å². The summed E-state index contributed by atoms with van der Waals surface area (Å²) in [7, 11) is 0. The molecule has 1 fully saturated rings.